The molecule has 0 aromatic heterocycles. The second-order valence-electron chi connectivity index (χ2n) is 2.29. The molecule has 0 aromatic rings. The second kappa shape index (κ2) is 4.23. The van der Waals surface area contributed by atoms with Gasteiger partial charge in [-0.3, -0.25) is 4.79 Å². The molecular formula is C8H11NOS. The molecular weight excluding hydrogens is 158 g/mol. The van der Waals surface area contributed by atoms with Crippen molar-refractivity contribution in [1.29, 1.82) is 0 Å². The highest BCUT2D eigenvalue weighted by Gasteiger charge is 2.15. The van der Waals surface area contributed by atoms with Crippen molar-refractivity contribution in [2.45, 2.75) is 0 Å². The third-order valence-electron chi connectivity index (χ3n) is 1.46. The van der Waals surface area contributed by atoms with Crippen LogP contribution in [0.25, 0.3) is 0 Å². The molecule has 0 aromatic carbocycles. The van der Waals surface area contributed by atoms with E-state index in [0.29, 0.717) is 0 Å². The molecule has 1 aliphatic heterocycles. The number of carbonyl (C=O) groups is 1. The van der Waals surface area contributed by atoms with Crippen molar-refractivity contribution < 1.29 is 4.79 Å². The Kier molecular flexibility index (Phi) is 3.23. The van der Waals surface area contributed by atoms with E-state index in [0.717, 1.165) is 5.75 Å². The fourth-order valence-corrected chi connectivity index (χ4v) is 1.73. The van der Waals surface area contributed by atoms with Gasteiger partial charge in [0.1, 0.15) is 0 Å². The maximum absolute atomic E-state index is 11.2. The van der Waals surface area contributed by atoms with Crippen LogP contribution in [0.15, 0.2) is 23.8 Å². The van der Waals surface area contributed by atoms with Crippen LogP contribution < -0.4 is 5.32 Å². The van der Waals surface area contributed by atoms with Crippen LogP contribution in [0.4, 0.5) is 0 Å². The number of nitrogens with one attached hydrogen (secondary N) is 1. The SMILES string of the molecule is CN/C=C\C(=O)C1C=CSC1. The molecule has 0 saturated heterocycles. The average molecular weight is 169 g/mol. The van der Waals surface area contributed by atoms with Crippen LogP contribution in [-0.2, 0) is 4.79 Å². The summed E-state index contributed by atoms with van der Waals surface area (Å²) in [7, 11) is 1.78. The van der Waals surface area contributed by atoms with Crippen LogP contribution in [0.3, 0.4) is 0 Å². The van der Waals surface area contributed by atoms with E-state index in [4.69, 9.17) is 0 Å². The van der Waals surface area contributed by atoms with Crippen molar-refractivity contribution in [3.8, 4) is 0 Å². The number of rotatable bonds is 3. The summed E-state index contributed by atoms with van der Waals surface area (Å²) in [4.78, 5) is 11.2. The lowest BCUT2D eigenvalue weighted by molar-refractivity contribution is -0.116. The van der Waals surface area contributed by atoms with Gasteiger partial charge in [-0.05, 0) is 17.7 Å². The van der Waals surface area contributed by atoms with Crippen molar-refractivity contribution in [3.05, 3.63) is 23.8 Å². The van der Waals surface area contributed by atoms with E-state index in [-0.39, 0.29) is 11.7 Å². The molecule has 0 radical (unpaired) electrons. The monoisotopic (exact) mass is 169 g/mol. The molecule has 0 saturated carbocycles. The first-order chi connectivity index (χ1) is 5.34. The Morgan fingerprint density at radius 1 is 1.82 bits per heavy atom. The number of allylic oxidation sites excluding steroid dienone is 2. The minimum Gasteiger partial charge on any atom is -0.394 e. The lowest BCUT2D eigenvalue weighted by atomic mass is 10.1. The summed E-state index contributed by atoms with van der Waals surface area (Å²) in [5.41, 5.74) is 0. The highest BCUT2D eigenvalue weighted by molar-refractivity contribution is 8.02. The summed E-state index contributed by atoms with van der Waals surface area (Å²) in [5.74, 6) is 1.18. The summed E-state index contributed by atoms with van der Waals surface area (Å²) < 4.78 is 0. The fourth-order valence-electron chi connectivity index (χ4n) is 0.831. The van der Waals surface area contributed by atoms with E-state index in [1.165, 1.54) is 0 Å². The maximum atomic E-state index is 11.2. The summed E-state index contributed by atoms with van der Waals surface area (Å²) >= 11 is 1.69. The molecule has 0 amide bonds. The summed E-state index contributed by atoms with van der Waals surface area (Å²) in [6.45, 7) is 0. The van der Waals surface area contributed by atoms with Gasteiger partial charge in [0, 0.05) is 18.7 Å². The first-order valence-electron chi connectivity index (χ1n) is 3.50. The zero-order valence-electron chi connectivity index (χ0n) is 6.41. The lowest BCUT2D eigenvalue weighted by Crippen LogP contribution is -2.10. The normalized spacial score (nSPS) is 22.8. The Hall–Kier alpha value is -0.700. The molecule has 1 atom stereocenters. The van der Waals surface area contributed by atoms with Crippen LogP contribution >= 0.6 is 11.8 Å². The first-order valence-corrected chi connectivity index (χ1v) is 4.55. The topological polar surface area (TPSA) is 29.1 Å². The molecule has 3 heteroatoms. The van der Waals surface area contributed by atoms with Crippen molar-refractivity contribution in [2.24, 2.45) is 5.92 Å². The Bertz CT molecular complexity index is 198. The molecule has 2 nitrogen and oxygen atoms in total. The first kappa shape index (κ1) is 8.40. The predicted molar refractivity (Wildman–Crippen MR) is 48.3 cm³/mol. The van der Waals surface area contributed by atoms with Gasteiger partial charge in [-0.1, -0.05) is 6.08 Å². The predicted octanol–water partition coefficient (Wildman–Crippen LogP) is 1.17. The second-order valence-corrected chi connectivity index (χ2v) is 3.23. The Balaban J connectivity index is 2.41. The van der Waals surface area contributed by atoms with Crippen molar-refractivity contribution in [1.82, 2.24) is 5.32 Å². The third-order valence-corrected chi connectivity index (χ3v) is 2.36. The summed E-state index contributed by atoms with van der Waals surface area (Å²) in [6.07, 6.45) is 5.20. The average Bonchev–Trinajstić information content (AvgIpc) is 2.52. The molecule has 1 heterocycles. The smallest absolute Gasteiger partial charge is 0.164 e. The third kappa shape index (κ3) is 2.42. The maximum Gasteiger partial charge on any atom is 0.164 e. The van der Waals surface area contributed by atoms with Crippen molar-refractivity contribution >= 4 is 17.5 Å². The van der Waals surface area contributed by atoms with Crippen LogP contribution in [0, 0.1) is 5.92 Å². The van der Waals surface area contributed by atoms with E-state index in [9.17, 15) is 4.79 Å². The standard InChI is InChI=1S/C8H11NOS/c1-9-4-2-8(10)7-3-5-11-6-7/h2-5,7,9H,6H2,1H3/b4-2-. The summed E-state index contributed by atoms with van der Waals surface area (Å²) in [5, 5.41) is 4.77. The quantitative estimate of drug-likeness (QED) is 0.643. The number of thioether (sulfide) groups is 1. The number of ketones is 1. The Morgan fingerprint density at radius 3 is 3.18 bits per heavy atom. The van der Waals surface area contributed by atoms with E-state index >= 15 is 0 Å². The van der Waals surface area contributed by atoms with Crippen molar-refractivity contribution in [3.63, 3.8) is 0 Å². The Morgan fingerprint density at radius 2 is 2.64 bits per heavy atom. The van der Waals surface area contributed by atoms with Gasteiger partial charge in [0.15, 0.2) is 5.78 Å². The van der Waals surface area contributed by atoms with Gasteiger partial charge in [-0.2, -0.15) is 0 Å². The highest BCUT2D eigenvalue weighted by Crippen LogP contribution is 2.20. The minimum atomic E-state index is 0.101. The van der Waals surface area contributed by atoms with E-state index in [2.05, 4.69) is 5.32 Å². The van der Waals surface area contributed by atoms with Crippen LogP contribution in [0.2, 0.25) is 0 Å². The lowest BCUT2D eigenvalue weighted by Gasteiger charge is -1.99. The molecule has 1 unspecified atom stereocenters. The molecule has 11 heavy (non-hydrogen) atoms. The molecule has 60 valence electrons. The molecule has 0 spiro atoms. The molecule has 1 N–H and O–H groups in total. The van der Waals surface area contributed by atoms with E-state index in [1.807, 2.05) is 11.5 Å². The van der Waals surface area contributed by atoms with E-state index < -0.39 is 0 Å². The minimum absolute atomic E-state index is 0.101. The molecule has 0 aliphatic carbocycles. The van der Waals surface area contributed by atoms with Gasteiger partial charge >= 0.3 is 0 Å². The Labute approximate surface area is 70.7 Å². The van der Waals surface area contributed by atoms with Crippen LogP contribution in [-0.4, -0.2) is 18.6 Å². The van der Waals surface area contributed by atoms with Gasteiger partial charge in [-0.25, -0.2) is 0 Å². The number of hydrogen-bond donors (Lipinski definition) is 1. The molecule has 1 aliphatic rings. The van der Waals surface area contributed by atoms with Gasteiger partial charge < -0.3 is 5.32 Å². The van der Waals surface area contributed by atoms with E-state index in [1.54, 1.807) is 31.1 Å². The zero-order chi connectivity index (χ0) is 8.10. The van der Waals surface area contributed by atoms with Gasteiger partial charge in [0.2, 0.25) is 0 Å². The van der Waals surface area contributed by atoms with Crippen LogP contribution in [0.1, 0.15) is 0 Å². The largest absolute Gasteiger partial charge is 0.394 e. The van der Waals surface area contributed by atoms with Gasteiger partial charge in [-0.15, -0.1) is 11.8 Å². The fraction of sp³-hybridized carbons (Fsp3) is 0.375. The molecule has 0 bridgehead atoms. The zero-order valence-corrected chi connectivity index (χ0v) is 7.23. The van der Waals surface area contributed by atoms with Crippen LogP contribution in [0.5, 0.6) is 0 Å². The molecule has 1 rings (SSSR count). The summed E-state index contributed by atoms with van der Waals surface area (Å²) in [6, 6.07) is 0. The van der Waals surface area contributed by atoms with Crippen molar-refractivity contribution in [2.75, 3.05) is 12.8 Å². The number of hydrogen-bond acceptors (Lipinski definition) is 3. The van der Waals surface area contributed by atoms with Gasteiger partial charge in [0.25, 0.3) is 0 Å². The van der Waals surface area contributed by atoms with Gasteiger partial charge in [0.05, 0.1) is 0 Å². The number of carbonyl (C=O) groups excluding carboxylic acids is 1. The molecule has 0 fully saturated rings. The highest BCUT2D eigenvalue weighted by atomic mass is 32.2.